The normalized spacial score (nSPS) is 10.9. The Balaban J connectivity index is 0.000000704. The first-order chi connectivity index (χ1) is 10.9. The Hall–Kier alpha value is -0.930. The summed E-state index contributed by atoms with van der Waals surface area (Å²) in [6, 6.07) is 7.59. The number of nitrogens with zero attached hydrogens (tertiary/aromatic N) is 1. The Morgan fingerprint density at radius 3 is 2.09 bits per heavy atom. The third kappa shape index (κ3) is 8.47. The summed E-state index contributed by atoms with van der Waals surface area (Å²) in [5, 5.41) is 5.43. The van der Waals surface area contributed by atoms with Gasteiger partial charge in [0.25, 0.3) is 0 Å². The number of nitrogens with one attached hydrogen (secondary N) is 2. The molecule has 0 amide bonds. The fourth-order valence-electron chi connectivity index (χ4n) is 1.49. The number of benzene rings is 1. The monoisotopic (exact) mass is 373 g/mol. The number of fused-ring (bicyclic) bond motifs is 1. The van der Waals surface area contributed by atoms with Crippen LogP contribution in [-0.4, -0.2) is 43.4 Å². The van der Waals surface area contributed by atoms with Gasteiger partial charge in [0.1, 0.15) is 5.01 Å². The largest absolute Gasteiger partial charge is 0.323 e. The van der Waals surface area contributed by atoms with Crippen molar-refractivity contribution in [2.75, 3.05) is 28.2 Å². The zero-order valence-electron chi connectivity index (χ0n) is 13.7. The number of carbonyl (C=O) groups excluding carboxylic acids is 2. The zero-order chi connectivity index (χ0) is 17.8. The summed E-state index contributed by atoms with van der Waals surface area (Å²) in [6.45, 7) is 0. The number of thiazole rings is 1. The number of rotatable bonds is 4. The van der Waals surface area contributed by atoms with Crippen LogP contribution in [0.5, 0.6) is 0 Å². The highest BCUT2D eigenvalue weighted by molar-refractivity contribution is 7.97. The maximum absolute atomic E-state index is 11.4. The smallest absolute Gasteiger partial charge is 0.196 e. The van der Waals surface area contributed by atoms with Gasteiger partial charge >= 0.3 is 0 Å². The van der Waals surface area contributed by atoms with Gasteiger partial charge in [-0.05, 0) is 40.3 Å². The molecule has 1 aromatic carbocycles. The number of thiol groups is 2. The highest BCUT2D eigenvalue weighted by Gasteiger charge is 2.23. The summed E-state index contributed by atoms with van der Waals surface area (Å²) >= 11 is 8.91. The van der Waals surface area contributed by atoms with Gasteiger partial charge in [-0.3, -0.25) is 9.59 Å². The molecule has 0 saturated carbocycles. The van der Waals surface area contributed by atoms with Crippen molar-refractivity contribution in [2.24, 2.45) is 0 Å². The topological polar surface area (TPSA) is 71.1 Å². The molecule has 0 spiro atoms. The van der Waals surface area contributed by atoms with Crippen LogP contribution in [0.3, 0.4) is 0 Å². The number of hydrogen-bond donors (Lipinski definition) is 4. The van der Waals surface area contributed by atoms with Crippen LogP contribution in [0.4, 0.5) is 0 Å². The van der Waals surface area contributed by atoms with Crippen LogP contribution >= 0.6 is 36.6 Å². The molecule has 1 atom stereocenters. The Kier molecular flexibility index (Phi) is 12.0. The molecule has 0 saturated heterocycles. The van der Waals surface area contributed by atoms with Crippen LogP contribution in [0.25, 0.3) is 10.2 Å². The second-order valence-corrected chi connectivity index (χ2v) is 6.51. The minimum Gasteiger partial charge on any atom is -0.323 e. The fourth-order valence-corrected chi connectivity index (χ4v) is 3.04. The number of aromatic nitrogens is 1. The van der Waals surface area contributed by atoms with Crippen molar-refractivity contribution in [1.82, 2.24) is 15.6 Å². The summed E-state index contributed by atoms with van der Waals surface area (Å²) in [7, 11) is 7.50. The van der Waals surface area contributed by atoms with Crippen LogP contribution < -0.4 is 10.6 Å². The molecule has 0 aliphatic carbocycles. The Bertz CT molecular complexity index is 582. The van der Waals surface area contributed by atoms with E-state index in [9.17, 15) is 9.59 Å². The first-order valence-corrected chi connectivity index (χ1v) is 8.59. The molecule has 1 aromatic heterocycles. The molecule has 0 fully saturated rings. The van der Waals surface area contributed by atoms with Crippen molar-refractivity contribution in [1.29, 1.82) is 0 Å². The minimum atomic E-state index is -0.597. The molecule has 128 valence electrons. The molecule has 0 bridgehead atoms. The Morgan fingerprint density at radius 1 is 1.13 bits per heavy atom. The van der Waals surface area contributed by atoms with E-state index in [-0.39, 0.29) is 16.7 Å². The molecule has 2 rings (SSSR count). The van der Waals surface area contributed by atoms with Crippen LogP contribution in [0.15, 0.2) is 24.3 Å². The maximum Gasteiger partial charge on any atom is 0.196 e. The predicted octanol–water partition coefficient (Wildman–Crippen LogP) is 2.35. The summed E-state index contributed by atoms with van der Waals surface area (Å²) < 4.78 is 0.994. The molecule has 0 aliphatic rings. The predicted molar refractivity (Wildman–Crippen MR) is 105 cm³/mol. The van der Waals surface area contributed by atoms with Crippen molar-refractivity contribution in [3.8, 4) is 0 Å². The van der Waals surface area contributed by atoms with Gasteiger partial charge in [-0.15, -0.1) is 36.6 Å². The van der Waals surface area contributed by atoms with Crippen molar-refractivity contribution < 1.29 is 9.59 Å². The number of carbonyl (C=O) groups is 2. The molecule has 0 aliphatic heterocycles. The molecule has 23 heavy (non-hydrogen) atoms. The summed E-state index contributed by atoms with van der Waals surface area (Å²) in [4.78, 5) is 26.8. The van der Waals surface area contributed by atoms with Gasteiger partial charge in [0.15, 0.2) is 10.2 Å². The maximum atomic E-state index is 11.4. The van der Waals surface area contributed by atoms with E-state index in [1.54, 1.807) is 0 Å². The second kappa shape index (κ2) is 12.5. The van der Waals surface area contributed by atoms with Crippen LogP contribution in [0, 0.1) is 0 Å². The first kappa shape index (κ1) is 22.1. The first-order valence-electron chi connectivity index (χ1n) is 6.88. The van der Waals surface area contributed by atoms with Gasteiger partial charge in [-0.25, -0.2) is 4.98 Å². The molecule has 2 aromatic rings. The molecule has 5 nitrogen and oxygen atoms in total. The fraction of sp³-hybridized carbons (Fsp3) is 0.400. The highest BCUT2D eigenvalue weighted by Crippen LogP contribution is 2.31. The average molecular weight is 374 g/mol. The molecule has 2 N–H and O–H groups in total. The molecular formula is C15H23N3O2S3. The minimum absolute atomic E-state index is 0.0330. The van der Waals surface area contributed by atoms with E-state index in [2.05, 4.69) is 40.9 Å². The van der Waals surface area contributed by atoms with Gasteiger partial charge in [-0.2, -0.15) is 0 Å². The average Bonchev–Trinajstić information content (AvgIpc) is 2.89. The van der Waals surface area contributed by atoms with E-state index < -0.39 is 5.92 Å². The van der Waals surface area contributed by atoms with Gasteiger partial charge in [-0.1, -0.05) is 12.1 Å². The van der Waals surface area contributed by atoms with Crippen molar-refractivity contribution in [3.63, 3.8) is 0 Å². The van der Waals surface area contributed by atoms with Crippen LogP contribution in [0.2, 0.25) is 0 Å². The van der Waals surface area contributed by atoms with E-state index in [0.29, 0.717) is 5.01 Å². The van der Waals surface area contributed by atoms with Crippen molar-refractivity contribution >= 4 is 57.0 Å². The van der Waals surface area contributed by atoms with E-state index in [0.717, 1.165) is 10.2 Å². The van der Waals surface area contributed by atoms with Crippen LogP contribution in [-0.2, 0) is 9.59 Å². The lowest BCUT2D eigenvalue weighted by Crippen LogP contribution is -2.09. The quantitative estimate of drug-likeness (QED) is 0.620. The third-order valence-corrected chi connectivity index (χ3v) is 3.93. The summed E-state index contributed by atoms with van der Waals surface area (Å²) in [6.07, 6.45) is 0.0330. The van der Waals surface area contributed by atoms with Crippen molar-refractivity contribution in [2.45, 2.75) is 12.3 Å². The number of para-hydroxylation sites is 1. The van der Waals surface area contributed by atoms with E-state index in [1.165, 1.54) is 11.3 Å². The Morgan fingerprint density at radius 2 is 1.65 bits per heavy atom. The standard InChI is InChI=1S/C11H9NO2S3.2C2H7N/c13-9(15)5-6(11(14)16)10-12-7-3-1-2-4-8(7)17-10;2*1-3-2/h1-4,6H,5H2,(H,13,15)(H,14,16);2*3H,1-2H3. The van der Waals surface area contributed by atoms with E-state index in [4.69, 9.17) is 0 Å². The number of hydrogen-bond acceptors (Lipinski definition) is 6. The summed E-state index contributed by atoms with van der Waals surface area (Å²) in [5.74, 6) is -0.597. The summed E-state index contributed by atoms with van der Waals surface area (Å²) in [5.41, 5.74) is 0.832. The van der Waals surface area contributed by atoms with Gasteiger partial charge < -0.3 is 10.6 Å². The van der Waals surface area contributed by atoms with E-state index >= 15 is 0 Å². The van der Waals surface area contributed by atoms with E-state index in [1.807, 2.05) is 52.5 Å². The molecule has 0 radical (unpaired) electrons. The highest BCUT2D eigenvalue weighted by atomic mass is 32.1. The van der Waals surface area contributed by atoms with Crippen LogP contribution in [0.1, 0.15) is 17.3 Å². The van der Waals surface area contributed by atoms with Gasteiger partial charge in [0, 0.05) is 6.42 Å². The Labute approximate surface area is 152 Å². The van der Waals surface area contributed by atoms with Crippen molar-refractivity contribution in [3.05, 3.63) is 29.3 Å². The molecule has 1 heterocycles. The second-order valence-electron chi connectivity index (χ2n) is 4.51. The molecule has 8 heteroatoms. The lowest BCUT2D eigenvalue weighted by molar-refractivity contribution is -0.116. The van der Waals surface area contributed by atoms with Gasteiger partial charge in [0.2, 0.25) is 0 Å². The molecule has 1 unspecified atom stereocenters. The van der Waals surface area contributed by atoms with Gasteiger partial charge in [0.05, 0.1) is 16.1 Å². The SMILES string of the molecule is CNC.CNC.O=C(S)CC(C(=O)S)c1nc2ccccc2s1. The molecular weight excluding hydrogens is 350 g/mol. The lowest BCUT2D eigenvalue weighted by atomic mass is 10.1. The third-order valence-electron chi connectivity index (χ3n) is 2.29. The zero-order valence-corrected chi connectivity index (χ0v) is 16.3. The lowest BCUT2D eigenvalue weighted by Gasteiger charge is -2.06.